The van der Waals surface area contributed by atoms with E-state index in [2.05, 4.69) is 38.2 Å². The Kier molecular flexibility index (Phi) is 7.42. The zero-order valence-electron chi connectivity index (χ0n) is 12.5. The Morgan fingerprint density at radius 2 is 1.79 bits per heavy atom. The standard InChI is InChI=1S/C17H27NO/c1-4-5-6-7-12-18-13-17(19)16-10-8-15(9-11-16)14(2)3/h8-11,14,18H,4-7,12-13H2,1-3H3. The highest BCUT2D eigenvalue weighted by Crippen LogP contribution is 2.14. The molecule has 0 aliphatic rings. The van der Waals surface area contributed by atoms with Gasteiger partial charge in [-0.15, -0.1) is 0 Å². The third kappa shape index (κ3) is 6.02. The van der Waals surface area contributed by atoms with Crippen LogP contribution in [-0.4, -0.2) is 18.9 Å². The van der Waals surface area contributed by atoms with Gasteiger partial charge in [0, 0.05) is 5.56 Å². The van der Waals surface area contributed by atoms with Crippen LogP contribution in [0.3, 0.4) is 0 Å². The maximum absolute atomic E-state index is 12.0. The van der Waals surface area contributed by atoms with Crippen LogP contribution in [0.4, 0.5) is 0 Å². The first-order chi connectivity index (χ1) is 9.15. The summed E-state index contributed by atoms with van der Waals surface area (Å²) in [6, 6.07) is 7.99. The highest BCUT2D eigenvalue weighted by molar-refractivity contribution is 5.97. The van der Waals surface area contributed by atoms with Gasteiger partial charge in [0.1, 0.15) is 0 Å². The van der Waals surface area contributed by atoms with E-state index in [0.717, 1.165) is 18.5 Å². The van der Waals surface area contributed by atoms with Gasteiger partial charge in [-0.05, 0) is 24.4 Å². The van der Waals surface area contributed by atoms with E-state index in [4.69, 9.17) is 0 Å². The Bertz CT molecular complexity index is 367. The summed E-state index contributed by atoms with van der Waals surface area (Å²) < 4.78 is 0. The summed E-state index contributed by atoms with van der Waals surface area (Å²) in [4.78, 5) is 12.0. The molecule has 1 N–H and O–H groups in total. The van der Waals surface area contributed by atoms with Crippen molar-refractivity contribution in [1.82, 2.24) is 5.32 Å². The molecule has 0 atom stereocenters. The lowest BCUT2D eigenvalue weighted by atomic mass is 10.0. The van der Waals surface area contributed by atoms with Gasteiger partial charge in [-0.25, -0.2) is 0 Å². The van der Waals surface area contributed by atoms with Gasteiger partial charge in [0.15, 0.2) is 5.78 Å². The average molecular weight is 261 g/mol. The van der Waals surface area contributed by atoms with Crippen LogP contribution in [0.15, 0.2) is 24.3 Å². The SMILES string of the molecule is CCCCCCNCC(=O)c1ccc(C(C)C)cc1. The quantitative estimate of drug-likeness (QED) is 0.534. The normalized spacial score (nSPS) is 10.9. The van der Waals surface area contributed by atoms with Crippen LogP contribution in [0.1, 0.15) is 68.3 Å². The Labute approximate surface area is 117 Å². The molecule has 1 aromatic carbocycles. The fourth-order valence-electron chi connectivity index (χ4n) is 2.03. The molecule has 2 heteroatoms. The minimum atomic E-state index is 0.186. The van der Waals surface area contributed by atoms with Gasteiger partial charge in [0.2, 0.25) is 0 Å². The lowest BCUT2D eigenvalue weighted by Crippen LogP contribution is -2.24. The molecule has 0 bridgehead atoms. The Hall–Kier alpha value is -1.15. The summed E-state index contributed by atoms with van der Waals surface area (Å²) in [5.41, 5.74) is 2.09. The van der Waals surface area contributed by atoms with E-state index in [1.165, 1.54) is 24.8 Å². The number of unbranched alkanes of at least 4 members (excludes halogenated alkanes) is 3. The summed E-state index contributed by atoms with van der Waals surface area (Å²) in [5, 5.41) is 3.23. The van der Waals surface area contributed by atoms with Crippen LogP contribution in [-0.2, 0) is 0 Å². The molecular weight excluding hydrogens is 234 g/mol. The molecular formula is C17H27NO. The van der Waals surface area contributed by atoms with Crippen molar-refractivity contribution in [2.45, 2.75) is 52.4 Å². The van der Waals surface area contributed by atoms with Gasteiger partial charge in [-0.1, -0.05) is 64.3 Å². The van der Waals surface area contributed by atoms with Crippen molar-refractivity contribution < 1.29 is 4.79 Å². The molecule has 106 valence electrons. The highest BCUT2D eigenvalue weighted by Gasteiger charge is 2.06. The van der Waals surface area contributed by atoms with E-state index in [0.29, 0.717) is 12.5 Å². The third-order valence-electron chi connectivity index (χ3n) is 3.39. The number of ketones is 1. The number of rotatable bonds is 9. The predicted octanol–water partition coefficient (Wildman–Crippen LogP) is 4.16. The van der Waals surface area contributed by atoms with E-state index >= 15 is 0 Å². The predicted molar refractivity (Wildman–Crippen MR) is 81.9 cm³/mol. The molecule has 0 aliphatic carbocycles. The van der Waals surface area contributed by atoms with Crippen molar-refractivity contribution >= 4 is 5.78 Å². The van der Waals surface area contributed by atoms with Gasteiger partial charge in [-0.3, -0.25) is 4.79 Å². The van der Waals surface area contributed by atoms with E-state index in [-0.39, 0.29) is 5.78 Å². The summed E-state index contributed by atoms with van der Waals surface area (Å²) in [7, 11) is 0. The third-order valence-corrected chi connectivity index (χ3v) is 3.39. The smallest absolute Gasteiger partial charge is 0.176 e. The molecule has 0 saturated carbocycles. The van der Waals surface area contributed by atoms with Crippen LogP contribution >= 0.6 is 0 Å². The number of carbonyl (C=O) groups is 1. The van der Waals surface area contributed by atoms with Crippen molar-refractivity contribution in [2.75, 3.05) is 13.1 Å². The molecule has 0 unspecified atom stereocenters. The van der Waals surface area contributed by atoms with Crippen LogP contribution in [0, 0.1) is 0 Å². The van der Waals surface area contributed by atoms with Gasteiger partial charge in [0.05, 0.1) is 6.54 Å². The summed E-state index contributed by atoms with van der Waals surface area (Å²) in [6.07, 6.45) is 4.95. The number of hydrogen-bond donors (Lipinski definition) is 1. The maximum atomic E-state index is 12.0. The lowest BCUT2D eigenvalue weighted by Gasteiger charge is -2.07. The van der Waals surface area contributed by atoms with Gasteiger partial charge in [0.25, 0.3) is 0 Å². The molecule has 0 heterocycles. The zero-order valence-corrected chi connectivity index (χ0v) is 12.5. The molecule has 0 aromatic heterocycles. The molecule has 0 amide bonds. The number of benzene rings is 1. The van der Waals surface area contributed by atoms with Crippen LogP contribution < -0.4 is 5.32 Å². The topological polar surface area (TPSA) is 29.1 Å². The summed E-state index contributed by atoms with van der Waals surface area (Å²) in [5.74, 6) is 0.701. The van der Waals surface area contributed by atoms with Crippen molar-refractivity contribution in [1.29, 1.82) is 0 Å². The number of Topliss-reactive ketones (excluding diaryl/α,β-unsaturated/α-hetero) is 1. The average Bonchev–Trinajstić information content (AvgIpc) is 2.42. The second-order valence-corrected chi connectivity index (χ2v) is 5.44. The fraction of sp³-hybridized carbons (Fsp3) is 0.588. The van der Waals surface area contributed by atoms with E-state index < -0.39 is 0 Å². The lowest BCUT2D eigenvalue weighted by molar-refractivity contribution is 0.0991. The molecule has 0 radical (unpaired) electrons. The molecule has 0 fully saturated rings. The van der Waals surface area contributed by atoms with Crippen LogP contribution in [0.5, 0.6) is 0 Å². The van der Waals surface area contributed by atoms with Crippen molar-refractivity contribution in [2.24, 2.45) is 0 Å². The van der Waals surface area contributed by atoms with Crippen LogP contribution in [0.25, 0.3) is 0 Å². The highest BCUT2D eigenvalue weighted by atomic mass is 16.1. The summed E-state index contributed by atoms with van der Waals surface area (Å²) >= 11 is 0. The minimum Gasteiger partial charge on any atom is -0.310 e. The van der Waals surface area contributed by atoms with Gasteiger partial charge in [-0.2, -0.15) is 0 Å². The van der Waals surface area contributed by atoms with Crippen molar-refractivity contribution in [3.63, 3.8) is 0 Å². The largest absolute Gasteiger partial charge is 0.310 e. The maximum Gasteiger partial charge on any atom is 0.176 e. The first kappa shape index (κ1) is 15.9. The fourth-order valence-corrected chi connectivity index (χ4v) is 2.03. The van der Waals surface area contributed by atoms with E-state index in [1.807, 2.05) is 12.1 Å². The molecule has 1 aromatic rings. The first-order valence-electron chi connectivity index (χ1n) is 7.49. The molecule has 0 aliphatic heterocycles. The zero-order chi connectivity index (χ0) is 14.1. The number of carbonyl (C=O) groups excluding carboxylic acids is 1. The molecule has 19 heavy (non-hydrogen) atoms. The molecule has 0 saturated heterocycles. The second kappa shape index (κ2) is 8.87. The first-order valence-corrected chi connectivity index (χ1v) is 7.49. The van der Waals surface area contributed by atoms with Crippen LogP contribution in [0.2, 0.25) is 0 Å². The Morgan fingerprint density at radius 3 is 2.37 bits per heavy atom. The number of nitrogens with one attached hydrogen (secondary N) is 1. The molecule has 2 nitrogen and oxygen atoms in total. The second-order valence-electron chi connectivity index (χ2n) is 5.44. The summed E-state index contributed by atoms with van der Waals surface area (Å²) in [6.45, 7) is 7.92. The van der Waals surface area contributed by atoms with E-state index in [1.54, 1.807) is 0 Å². The van der Waals surface area contributed by atoms with Gasteiger partial charge < -0.3 is 5.32 Å². The molecule has 1 rings (SSSR count). The Balaban J connectivity index is 2.29. The molecule has 0 spiro atoms. The van der Waals surface area contributed by atoms with Crippen molar-refractivity contribution in [3.05, 3.63) is 35.4 Å². The minimum absolute atomic E-state index is 0.186. The Morgan fingerprint density at radius 1 is 1.11 bits per heavy atom. The van der Waals surface area contributed by atoms with E-state index in [9.17, 15) is 4.79 Å². The monoisotopic (exact) mass is 261 g/mol. The van der Waals surface area contributed by atoms with Crippen molar-refractivity contribution in [3.8, 4) is 0 Å². The number of hydrogen-bond acceptors (Lipinski definition) is 2. The van der Waals surface area contributed by atoms with Gasteiger partial charge >= 0.3 is 0 Å².